The van der Waals surface area contributed by atoms with E-state index in [0.29, 0.717) is 23.3 Å². The third kappa shape index (κ3) is 5.01. The van der Waals surface area contributed by atoms with Gasteiger partial charge in [0.25, 0.3) is 0 Å². The van der Waals surface area contributed by atoms with E-state index in [2.05, 4.69) is 20.3 Å². The monoisotopic (exact) mass is 383 g/mol. The van der Waals surface area contributed by atoms with Gasteiger partial charge in [-0.05, 0) is 18.2 Å². The molecule has 2 aromatic carbocycles. The topological polar surface area (TPSA) is 95.2 Å². The lowest BCUT2D eigenvalue weighted by Gasteiger charge is -2.11. The molecule has 0 aliphatic carbocycles. The van der Waals surface area contributed by atoms with Crippen molar-refractivity contribution in [2.45, 2.75) is 11.5 Å². The molecule has 0 saturated carbocycles. The predicted octanol–water partition coefficient (Wildman–Crippen LogP) is 3.65. The molecular weight excluding hydrogens is 362 g/mol. The van der Waals surface area contributed by atoms with E-state index in [4.69, 9.17) is 15.2 Å². The number of methoxy groups -OCH3 is 2. The summed E-state index contributed by atoms with van der Waals surface area (Å²) in [5, 5.41) is 3.13. The number of ether oxygens (including phenoxy) is 2. The van der Waals surface area contributed by atoms with Crippen molar-refractivity contribution in [2.24, 2.45) is 0 Å². The Kier molecular flexibility index (Phi) is 6.32. The lowest BCUT2D eigenvalue weighted by atomic mass is 10.2. The summed E-state index contributed by atoms with van der Waals surface area (Å²) < 4.78 is 10.7. The highest BCUT2D eigenvalue weighted by Gasteiger charge is 2.09. The number of thioether (sulfide) groups is 1. The molecule has 0 spiro atoms. The van der Waals surface area contributed by atoms with E-state index in [0.717, 1.165) is 22.8 Å². The third-order valence-corrected chi connectivity index (χ3v) is 4.71. The van der Waals surface area contributed by atoms with E-state index in [9.17, 15) is 0 Å². The Morgan fingerprint density at radius 3 is 2.37 bits per heavy atom. The smallest absolute Gasteiger partial charge is 0.232 e. The van der Waals surface area contributed by atoms with Crippen LogP contribution in [0, 0.1) is 0 Å². The van der Waals surface area contributed by atoms with Gasteiger partial charge < -0.3 is 20.5 Å². The predicted molar refractivity (Wildman–Crippen MR) is 109 cm³/mol. The number of benzene rings is 2. The number of nitrogens with one attached hydrogen (secondary N) is 1. The maximum absolute atomic E-state index is 5.85. The average Bonchev–Trinajstić information content (AvgIpc) is 2.68. The molecule has 7 nitrogen and oxygen atoms in total. The number of hydrogen-bond donors (Lipinski definition) is 2. The van der Waals surface area contributed by atoms with E-state index >= 15 is 0 Å². The highest BCUT2D eigenvalue weighted by atomic mass is 32.2. The molecule has 3 N–H and O–H groups in total. The van der Waals surface area contributed by atoms with Crippen molar-refractivity contribution in [2.75, 3.05) is 25.3 Å². The van der Waals surface area contributed by atoms with Gasteiger partial charge in [0.2, 0.25) is 11.9 Å². The number of hydrogen-bond acceptors (Lipinski definition) is 8. The number of nitrogens with two attached hydrogens (primary N) is 1. The lowest BCUT2D eigenvalue weighted by Crippen LogP contribution is -2.07. The molecule has 0 aliphatic rings. The maximum Gasteiger partial charge on any atom is 0.232 e. The second kappa shape index (κ2) is 9.09. The molecule has 0 aliphatic heterocycles. The van der Waals surface area contributed by atoms with Crippen LogP contribution in [0.5, 0.6) is 11.5 Å². The van der Waals surface area contributed by atoms with Crippen LogP contribution in [0.3, 0.4) is 0 Å². The summed E-state index contributed by atoms with van der Waals surface area (Å²) in [7, 11) is 3.29. The second-order valence-corrected chi connectivity index (χ2v) is 6.55. The van der Waals surface area contributed by atoms with Gasteiger partial charge in [0.05, 0.1) is 25.7 Å². The summed E-state index contributed by atoms with van der Waals surface area (Å²) in [5.41, 5.74) is 7.74. The van der Waals surface area contributed by atoms with Crippen molar-refractivity contribution in [3.63, 3.8) is 0 Å². The van der Waals surface area contributed by atoms with Gasteiger partial charge in [-0.3, -0.25) is 0 Å². The molecule has 1 heterocycles. The normalized spacial score (nSPS) is 10.4. The summed E-state index contributed by atoms with van der Waals surface area (Å²) in [6, 6.07) is 15.5. The number of rotatable bonds is 8. The van der Waals surface area contributed by atoms with Gasteiger partial charge in [0.15, 0.2) is 0 Å². The molecule has 0 saturated heterocycles. The molecule has 140 valence electrons. The van der Waals surface area contributed by atoms with Crippen LogP contribution in [-0.2, 0) is 11.5 Å². The van der Waals surface area contributed by atoms with Crippen LogP contribution in [-0.4, -0.2) is 29.2 Å². The van der Waals surface area contributed by atoms with Gasteiger partial charge in [-0.2, -0.15) is 15.0 Å². The van der Waals surface area contributed by atoms with Gasteiger partial charge in [0.1, 0.15) is 17.3 Å². The SMILES string of the molecule is COc1ccccc1CSCc1nc(N)nc(Nc2ccccc2OC)n1. The van der Waals surface area contributed by atoms with Gasteiger partial charge in [-0.15, -0.1) is 11.8 Å². The number of nitrogens with zero attached hydrogens (tertiary/aromatic N) is 3. The molecule has 3 aromatic rings. The number of nitrogen functional groups attached to an aromatic ring is 1. The van der Waals surface area contributed by atoms with E-state index in [1.54, 1.807) is 26.0 Å². The molecule has 0 atom stereocenters. The van der Waals surface area contributed by atoms with E-state index in [-0.39, 0.29) is 5.95 Å². The van der Waals surface area contributed by atoms with Crippen LogP contribution < -0.4 is 20.5 Å². The molecule has 0 unspecified atom stereocenters. The third-order valence-electron chi connectivity index (χ3n) is 3.73. The summed E-state index contributed by atoms with van der Waals surface area (Å²) in [5.74, 6) is 4.13. The van der Waals surface area contributed by atoms with Crippen LogP contribution in [0.4, 0.5) is 17.6 Å². The number of para-hydroxylation sites is 3. The Balaban J connectivity index is 1.68. The molecule has 0 radical (unpaired) electrons. The molecule has 0 amide bonds. The molecule has 0 bridgehead atoms. The summed E-state index contributed by atoms with van der Waals surface area (Å²) in [6.45, 7) is 0. The van der Waals surface area contributed by atoms with Crippen LogP contribution >= 0.6 is 11.8 Å². The van der Waals surface area contributed by atoms with Crippen LogP contribution in [0.25, 0.3) is 0 Å². The highest BCUT2D eigenvalue weighted by molar-refractivity contribution is 7.97. The zero-order chi connectivity index (χ0) is 19.1. The Labute approximate surface area is 162 Å². The minimum atomic E-state index is 0.176. The quantitative estimate of drug-likeness (QED) is 0.609. The maximum atomic E-state index is 5.85. The van der Waals surface area contributed by atoms with E-state index < -0.39 is 0 Å². The molecule has 27 heavy (non-hydrogen) atoms. The standard InChI is InChI=1S/C19H21N5O2S/c1-25-15-9-5-3-7-13(15)11-27-12-17-22-18(20)24-19(23-17)21-14-8-4-6-10-16(14)26-2/h3-10H,11-12H2,1-2H3,(H3,20,21,22,23,24). The first-order chi connectivity index (χ1) is 13.2. The van der Waals surface area contributed by atoms with Gasteiger partial charge in [-0.1, -0.05) is 30.3 Å². The van der Waals surface area contributed by atoms with Gasteiger partial charge >= 0.3 is 0 Å². The van der Waals surface area contributed by atoms with Crippen molar-refractivity contribution in [1.82, 2.24) is 15.0 Å². The Bertz CT molecular complexity index is 907. The number of anilines is 3. The molecule has 8 heteroatoms. The highest BCUT2D eigenvalue weighted by Crippen LogP contribution is 2.27. The van der Waals surface area contributed by atoms with E-state index in [1.807, 2.05) is 48.5 Å². The van der Waals surface area contributed by atoms with Crippen molar-refractivity contribution in [3.8, 4) is 11.5 Å². The van der Waals surface area contributed by atoms with Crippen LogP contribution in [0.2, 0.25) is 0 Å². The Morgan fingerprint density at radius 1 is 0.889 bits per heavy atom. The average molecular weight is 383 g/mol. The van der Waals surface area contributed by atoms with Crippen molar-refractivity contribution in [1.29, 1.82) is 0 Å². The van der Waals surface area contributed by atoms with Crippen LogP contribution in [0.15, 0.2) is 48.5 Å². The fourth-order valence-electron chi connectivity index (χ4n) is 2.50. The molecule has 0 fully saturated rings. The van der Waals surface area contributed by atoms with Gasteiger partial charge in [0, 0.05) is 11.3 Å². The van der Waals surface area contributed by atoms with E-state index in [1.165, 1.54) is 0 Å². The molecular formula is C19H21N5O2S. The van der Waals surface area contributed by atoms with Crippen molar-refractivity contribution < 1.29 is 9.47 Å². The molecule has 3 rings (SSSR count). The summed E-state index contributed by atoms with van der Waals surface area (Å²) in [4.78, 5) is 12.8. The number of aromatic nitrogens is 3. The summed E-state index contributed by atoms with van der Waals surface area (Å²) >= 11 is 1.68. The first-order valence-corrected chi connectivity index (χ1v) is 9.45. The summed E-state index contributed by atoms with van der Waals surface area (Å²) in [6.07, 6.45) is 0. The van der Waals surface area contributed by atoms with Crippen molar-refractivity contribution >= 4 is 29.3 Å². The fourth-order valence-corrected chi connectivity index (χ4v) is 3.37. The zero-order valence-electron chi connectivity index (χ0n) is 15.2. The largest absolute Gasteiger partial charge is 0.496 e. The minimum absolute atomic E-state index is 0.176. The fraction of sp³-hybridized carbons (Fsp3) is 0.211. The first kappa shape index (κ1) is 18.8. The Hall–Kier alpha value is -3.00. The molecule has 1 aromatic heterocycles. The first-order valence-electron chi connectivity index (χ1n) is 8.29. The van der Waals surface area contributed by atoms with Gasteiger partial charge in [-0.25, -0.2) is 0 Å². The minimum Gasteiger partial charge on any atom is -0.496 e. The lowest BCUT2D eigenvalue weighted by molar-refractivity contribution is 0.411. The van der Waals surface area contributed by atoms with Crippen LogP contribution in [0.1, 0.15) is 11.4 Å². The zero-order valence-corrected chi connectivity index (χ0v) is 16.0. The second-order valence-electron chi connectivity index (χ2n) is 5.56. The van der Waals surface area contributed by atoms with Crippen molar-refractivity contribution in [3.05, 3.63) is 59.9 Å². The Morgan fingerprint density at radius 2 is 1.59 bits per heavy atom.